The Balaban J connectivity index is 0.000000309. The number of benzene rings is 1. The molecular weight excluding hydrogens is 540 g/mol. The number of aryl methyl sites for hydroxylation is 3. The van der Waals surface area contributed by atoms with Crippen molar-refractivity contribution in [1.82, 2.24) is 24.8 Å². The molecule has 1 amide bonds. The third-order valence-electron chi connectivity index (χ3n) is 7.78. The summed E-state index contributed by atoms with van der Waals surface area (Å²) in [5, 5.41) is 0. The maximum atomic E-state index is 12.8. The fourth-order valence-electron chi connectivity index (χ4n) is 5.05. The van der Waals surface area contributed by atoms with Crippen molar-refractivity contribution in [1.29, 1.82) is 0 Å². The van der Waals surface area contributed by atoms with E-state index in [-0.39, 0.29) is 5.91 Å². The lowest BCUT2D eigenvalue weighted by atomic mass is 9.99. The van der Waals surface area contributed by atoms with Crippen LogP contribution in [0.2, 0.25) is 0 Å². The molecule has 0 spiro atoms. The van der Waals surface area contributed by atoms with Crippen LogP contribution in [0.15, 0.2) is 42.7 Å². The van der Waals surface area contributed by atoms with Crippen LogP contribution in [0.25, 0.3) is 0 Å². The van der Waals surface area contributed by atoms with E-state index in [0.29, 0.717) is 23.3 Å². The largest absolute Gasteiger partial charge is 0.335 e. The van der Waals surface area contributed by atoms with E-state index in [1.54, 1.807) is 12.3 Å². The van der Waals surface area contributed by atoms with Crippen LogP contribution in [-0.4, -0.2) is 62.6 Å². The average Bonchev–Trinajstić information content (AvgIpc) is 2.95. The Bertz CT molecular complexity index is 1240. The molecule has 8 heteroatoms. The molecule has 7 nitrogen and oxygen atoms in total. The molecule has 2 aromatic heterocycles. The third-order valence-corrected chi connectivity index (χ3v) is 8.19. The minimum atomic E-state index is 0.0757. The number of likely N-dealkylation sites (tertiary alicyclic amines) is 1. The van der Waals surface area contributed by atoms with Crippen LogP contribution in [-0.2, 0) is 13.0 Å². The lowest BCUT2D eigenvalue weighted by molar-refractivity contribution is 0.0215. The van der Waals surface area contributed by atoms with Gasteiger partial charge in [-0.25, -0.2) is 15.0 Å². The number of pyridine rings is 1. The summed E-state index contributed by atoms with van der Waals surface area (Å²) in [5.41, 5.74) is 7.18. The zero-order valence-corrected chi connectivity index (χ0v) is 27.7. The number of unbranched alkanes of at least 4 members (excludes halogenated alkanes) is 1. The van der Waals surface area contributed by atoms with Crippen molar-refractivity contribution in [3.8, 4) is 0 Å². The number of hydrogen-bond donors (Lipinski definition) is 1. The number of nitrogens with zero attached hydrogens (tertiary/aromatic N) is 5. The minimum absolute atomic E-state index is 0.0757. The summed E-state index contributed by atoms with van der Waals surface area (Å²) in [6.45, 7) is 18.5. The summed E-state index contributed by atoms with van der Waals surface area (Å²) in [6.07, 6.45) is 10.3. The first-order valence-corrected chi connectivity index (χ1v) is 16.6. The molecule has 1 atom stereocenters. The van der Waals surface area contributed by atoms with Gasteiger partial charge in [0, 0.05) is 80.0 Å². The predicted molar refractivity (Wildman–Crippen MR) is 177 cm³/mol. The Morgan fingerprint density at radius 2 is 1.67 bits per heavy atom. The van der Waals surface area contributed by atoms with Crippen LogP contribution in [0.1, 0.15) is 97.0 Å². The molecule has 42 heavy (non-hydrogen) atoms. The van der Waals surface area contributed by atoms with Gasteiger partial charge in [-0.1, -0.05) is 87.4 Å². The van der Waals surface area contributed by atoms with Crippen molar-refractivity contribution >= 4 is 23.7 Å². The van der Waals surface area contributed by atoms with Gasteiger partial charge in [0.2, 0.25) is 0 Å². The molecule has 2 aliphatic heterocycles. The third kappa shape index (κ3) is 9.53. The van der Waals surface area contributed by atoms with Crippen molar-refractivity contribution in [3.63, 3.8) is 0 Å². The van der Waals surface area contributed by atoms with Crippen molar-refractivity contribution in [2.45, 2.75) is 92.7 Å². The SMILES string of the molecule is CCC(C)c1ncc2c(n1)CCN(C1CN(C(=O)c3ccnc(NSC)c3)C1)C2.CCCC.Cc1cc(C)cc(C)c1. The maximum absolute atomic E-state index is 12.8. The molecule has 0 bridgehead atoms. The zero-order chi connectivity index (χ0) is 30.6. The second kappa shape index (κ2) is 16.6. The van der Waals surface area contributed by atoms with Crippen molar-refractivity contribution < 1.29 is 4.79 Å². The van der Waals surface area contributed by atoms with Crippen molar-refractivity contribution in [2.75, 3.05) is 30.6 Å². The number of hydrogen-bond acceptors (Lipinski definition) is 7. The van der Waals surface area contributed by atoms with Gasteiger partial charge >= 0.3 is 0 Å². The first-order chi connectivity index (χ1) is 20.2. The standard InChI is InChI=1S/C21H28N6OS.C9H12.C4H10/c1-4-14(2)20-23-10-16-11-26(8-6-18(16)24-20)17-12-27(13-17)21(28)15-5-7-22-19(9-15)25-29-3;1-7-4-8(2)6-9(3)5-7;1-3-4-2/h5,7,9-10,14,17H,4,6,8,11-13H2,1-3H3,(H,22,25);4-6H,1-3H3;3-4H2,1-2H3. The van der Waals surface area contributed by atoms with Gasteiger partial charge in [-0.2, -0.15) is 0 Å². The highest BCUT2D eigenvalue weighted by Gasteiger charge is 2.36. The molecule has 4 heterocycles. The molecule has 0 radical (unpaired) electrons. The molecule has 3 aromatic rings. The maximum Gasteiger partial charge on any atom is 0.254 e. The first kappa shape index (κ1) is 33.5. The highest BCUT2D eigenvalue weighted by molar-refractivity contribution is 7.99. The molecule has 1 aromatic carbocycles. The van der Waals surface area contributed by atoms with E-state index in [0.717, 1.165) is 44.8 Å². The quantitative estimate of drug-likeness (QED) is 0.288. The number of aromatic nitrogens is 3. The molecule has 1 N–H and O–H groups in total. The lowest BCUT2D eigenvalue weighted by Crippen LogP contribution is -2.61. The first-order valence-electron chi connectivity index (χ1n) is 15.4. The summed E-state index contributed by atoms with van der Waals surface area (Å²) in [4.78, 5) is 30.8. The second-order valence-corrected chi connectivity index (χ2v) is 12.1. The molecule has 228 valence electrons. The smallest absolute Gasteiger partial charge is 0.254 e. The van der Waals surface area contributed by atoms with Crippen LogP contribution in [0.5, 0.6) is 0 Å². The van der Waals surface area contributed by atoms with Crippen LogP contribution in [0, 0.1) is 20.8 Å². The normalized spacial score (nSPS) is 15.3. The van der Waals surface area contributed by atoms with Gasteiger partial charge in [0.25, 0.3) is 5.91 Å². The predicted octanol–water partition coefficient (Wildman–Crippen LogP) is 7.38. The van der Waals surface area contributed by atoms with Gasteiger partial charge in [0.1, 0.15) is 11.6 Å². The molecule has 1 fully saturated rings. The number of fused-ring (bicyclic) bond motifs is 1. The highest BCUT2D eigenvalue weighted by atomic mass is 32.2. The Morgan fingerprint density at radius 1 is 1.02 bits per heavy atom. The van der Waals surface area contributed by atoms with Gasteiger partial charge in [-0.3, -0.25) is 9.69 Å². The number of anilines is 1. The summed E-state index contributed by atoms with van der Waals surface area (Å²) in [6, 6.07) is 10.6. The van der Waals surface area contributed by atoms with Gasteiger partial charge in [-0.05, 0) is 39.3 Å². The molecule has 5 rings (SSSR count). The van der Waals surface area contributed by atoms with Gasteiger partial charge in [0.15, 0.2) is 0 Å². The van der Waals surface area contributed by atoms with E-state index in [1.807, 2.05) is 23.4 Å². The molecule has 2 aliphatic rings. The van der Waals surface area contributed by atoms with E-state index in [1.165, 1.54) is 52.7 Å². The average molecular weight is 591 g/mol. The van der Waals surface area contributed by atoms with Gasteiger partial charge in [0.05, 0.1) is 0 Å². The monoisotopic (exact) mass is 590 g/mol. The van der Waals surface area contributed by atoms with Crippen LogP contribution in [0.3, 0.4) is 0 Å². The van der Waals surface area contributed by atoms with E-state index in [4.69, 9.17) is 4.98 Å². The Morgan fingerprint density at radius 3 is 2.24 bits per heavy atom. The molecule has 1 saturated heterocycles. The topological polar surface area (TPSA) is 74.2 Å². The lowest BCUT2D eigenvalue weighted by Gasteiger charge is -2.46. The van der Waals surface area contributed by atoms with Crippen molar-refractivity contribution in [3.05, 3.63) is 82.1 Å². The fourth-order valence-corrected chi connectivity index (χ4v) is 5.37. The number of carbonyl (C=O) groups excluding carboxylic acids is 1. The summed E-state index contributed by atoms with van der Waals surface area (Å²) < 4.78 is 3.08. The van der Waals surface area contributed by atoms with Crippen LogP contribution >= 0.6 is 11.9 Å². The van der Waals surface area contributed by atoms with Gasteiger partial charge < -0.3 is 9.62 Å². The molecule has 0 saturated carbocycles. The molecule has 1 unspecified atom stereocenters. The number of rotatable bonds is 7. The van der Waals surface area contributed by atoms with E-state index >= 15 is 0 Å². The number of amides is 1. The Hall–Kier alpha value is -2.97. The van der Waals surface area contributed by atoms with Crippen LogP contribution in [0.4, 0.5) is 5.82 Å². The van der Waals surface area contributed by atoms with Gasteiger partial charge in [-0.15, -0.1) is 0 Å². The Labute approximate surface area is 258 Å². The van der Waals surface area contributed by atoms with E-state index in [9.17, 15) is 4.79 Å². The molecular formula is C34H50N6OS. The summed E-state index contributed by atoms with van der Waals surface area (Å²) >= 11 is 1.47. The second-order valence-electron chi connectivity index (χ2n) is 11.5. The van der Waals surface area contributed by atoms with Crippen molar-refractivity contribution in [2.24, 2.45) is 0 Å². The Kier molecular flexibility index (Phi) is 13.3. The minimum Gasteiger partial charge on any atom is -0.335 e. The number of nitrogens with one attached hydrogen (secondary N) is 1. The van der Waals surface area contributed by atoms with E-state index in [2.05, 4.69) is 86.3 Å². The highest BCUT2D eigenvalue weighted by Crippen LogP contribution is 2.26. The van der Waals surface area contributed by atoms with E-state index < -0.39 is 0 Å². The van der Waals surface area contributed by atoms with Crippen LogP contribution < -0.4 is 4.72 Å². The number of carbonyl (C=O) groups is 1. The zero-order valence-electron chi connectivity index (χ0n) is 26.9. The fraction of sp³-hybridized carbons (Fsp3) is 0.529. The summed E-state index contributed by atoms with van der Waals surface area (Å²) in [5.74, 6) is 2.16. The summed E-state index contributed by atoms with van der Waals surface area (Å²) in [7, 11) is 0. The molecule has 0 aliphatic carbocycles.